The Morgan fingerprint density at radius 2 is 1.86 bits per heavy atom. The van der Waals surface area contributed by atoms with Crippen molar-refractivity contribution in [1.29, 1.82) is 0 Å². The van der Waals surface area contributed by atoms with Crippen LogP contribution in [0.5, 0.6) is 0 Å². The molecule has 0 saturated carbocycles. The Hall–Kier alpha value is -2.87. The SMILES string of the molecule is CCn1c(=O)c2c(nc3n2[C@@H](C)C(C)=NN3Cc2ccc(Cl)cc2)n(C)c1=O. The molecule has 0 saturated heterocycles. The highest BCUT2D eigenvalue weighted by Gasteiger charge is 2.30. The van der Waals surface area contributed by atoms with Crippen LogP contribution in [0.25, 0.3) is 11.2 Å². The van der Waals surface area contributed by atoms with E-state index in [1.807, 2.05) is 42.7 Å². The Morgan fingerprint density at radius 3 is 2.50 bits per heavy atom. The Morgan fingerprint density at radius 1 is 1.18 bits per heavy atom. The molecule has 9 heteroatoms. The van der Waals surface area contributed by atoms with E-state index in [0.717, 1.165) is 11.3 Å². The van der Waals surface area contributed by atoms with Crippen molar-refractivity contribution < 1.29 is 0 Å². The Kier molecular flexibility index (Phi) is 4.38. The highest BCUT2D eigenvalue weighted by atomic mass is 35.5. The molecule has 1 aliphatic heterocycles. The number of hydrogen-bond donors (Lipinski definition) is 0. The van der Waals surface area contributed by atoms with Crippen molar-refractivity contribution in [3.05, 3.63) is 55.7 Å². The predicted octanol–water partition coefficient (Wildman–Crippen LogP) is 2.53. The number of hydrazone groups is 1. The van der Waals surface area contributed by atoms with Gasteiger partial charge in [-0.2, -0.15) is 10.1 Å². The van der Waals surface area contributed by atoms with Gasteiger partial charge in [0.2, 0.25) is 5.95 Å². The van der Waals surface area contributed by atoms with Gasteiger partial charge in [0.25, 0.3) is 5.56 Å². The largest absolute Gasteiger partial charge is 0.332 e. The topological polar surface area (TPSA) is 77.4 Å². The molecule has 1 aromatic carbocycles. The van der Waals surface area contributed by atoms with Gasteiger partial charge in [0.15, 0.2) is 11.2 Å². The molecule has 0 fully saturated rings. The van der Waals surface area contributed by atoms with Crippen LogP contribution >= 0.6 is 11.6 Å². The molecular weight excluding hydrogens is 380 g/mol. The monoisotopic (exact) mass is 400 g/mol. The quantitative estimate of drug-likeness (QED) is 0.676. The minimum Gasteiger partial charge on any atom is -0.294 e. The number of anilines is 1. The van der Waals surface area contributed by atoms with E-state index in [1.54, 1.807) is 19.0 Å². The maximum absolute atomic E-state index is 13.0. The first-order valence-corrected chi connectivity index (χ1v) is 9.50. The van der Waals surface area contributed by atoms with Crippen LogP contribution in [0.2, 0.25) is 5.02 Å². The molecule has 2 aromatic heterocycles. The van der Waals surface area contributed by atoms with E-state index in [-0.39, 0.29) is 17.3 Å². The van der Waals surface area contributed by atoms with Gasteiger partial charge in [0, 0.05) is 18.6 Å². The van der Waals surface area contributed by atoms with E-state index in [0.29, 0.717) is 35.2 Å². The number of halogens is 1. The number of imidazole rings is 1. The molecule has 146 valence electrons. The van der Waals surface area contributed by atoms with E-state index >= 15 is 0 Å². The third kappa shape index (κ3) is 2.67. The maximum Gasteiger partial charge on any atom is 0.332 e. The molecule has 0 unspecified atom stereocenters. The Balaban J connectivity index is 1.95. The van der Waals surface area contributed by atoms with Crippen LogP contribution in [-0.4, -0.2) is 24.4 Å². The van der Waals surface area contributed by atoms with Crippen molar-refractivity contribution in [1.82, 2.24) is 18.7 Å². The van der Waals surface area contributed by atoms with Crippen LogP contribution in [0.15, 0.2) is 39.0 Å². The third-order valence-electron chi connectivity index (χ3n) is 5.22. The van der Waals surface area contributed by atoms with Crippen molar-refractivity contribution in [2.75, 3.05) is 5.01 Å². The van der Waals surface area contributed by atoms with Gasteiger partial charge < -0.3 is 0 Å². The van der Waals surface area contributed by atoms with Crippen LogP contribution in [0.1, 0.15) is 32.4 Å². The van der Waals surface area contributed by atoms with Gasteiger partial charge in [0.1, 0.15) is 0 Å². The molecule has 28 heavy (non-hydrogen) atoms. The normalized spacial score (nSPS) is 16.4. The fraction of sp³-hybridized carbons (Fsp3) is 0.368. The first-order valence-electron chi connectivity index (χ1n) is 9.12. The molecule has 0 aliphatic carbocycles. The van der Waals surface area contributed by atoms with Crippen molar-refractivity contribution >= 4 is 34.4 Å². The van der Waals surface area contributed by atoms with Crippen molar-refractivity contribution in [3.63, 3.8) is 0 Å². The summed E-state index contributed by atoms with van der Waals surface area (Å²) in [5.41, 5.74) is 1.96. The van der Waals surface area contributed by atoms with E-state index in [4.69, 9.17) is 11.6 Å². The van der Waals surface area contributed by atoms with Gasteiger partial charge in [-0.15, -0.1) is 0 Å². The molecule has 0 amide bonds. The molecule has 0 bridgehead atoms. The first-order chi connectivity index (χ1) is 13.3. The number of fused-ring (bicyclic) bond motifs is 3. The fourth-order valence-corrected chi connectivity index (χ4v) is 3.66. The molecular formula is C19H21ClN6O2. The van der Waals surface area contributed by atoms with Crippen LogP contribution in [0.4, 0.5) is 5.95 Å². The molecule has 3 heterocycles. The van der Waals surface area contributed by atoms with Crippen LogP contribution in [0, 0.1) is 0 Å². The number of nitrogens with zero attached hydrogens (tertiary/aromatic N) is 6. The lowest BCUT2D eigenvalue weighted by molar-refractivity contribution is 0.618. The molecule has 3 aromatic rings. The summed E-state index contributed by atoms with van der Waals surface area (Å²) in [5, 5.41) is 7.11. The Bertz CT molecular complexity index is 1220. The average molecular weight is 401 g/mol. The highest BCUT2D eigenvalue weighted by Crippen LogP contribution is 2.30. The van der Waals surface area contributed by atoms with E-state index in [2.05, 4.69) is 10.1 Å². The zero-order valence-electron chi connectivity index (χ0n) is 16.2. The second-order valence-corrected chi connectivity index (χ2v) is 7.38. The summed E-state index contributed by atoms with van der Waals surface area (Å²) in [6.45, 7) is 6.46. The molecule has 0 N–H and O–H groups in total. The third-order valence-corrected chi connectivity index (χ3v) is 5.47. The second-order valence-electron chi connectivity index (χ2n) is 6.95. The number of aromatic nitrogens is 4. The second kappa shape index (κ2) is 6.63. The smallest absolute Gasteiger partial charge is 0.294 e. The first kappa shape index (κ1) is 18.5. The van der Waals surface area contributed by atoms with Gasteiger partial charge in [0.05, 0.1) is 18.3 Å². The van der Waals surface area contributed by atoms with Gasteiger partial charge in [-0.25, -0.2) is 9.80 Å². The molecule has 0 radical (unpaired) electrons. The lowest BCUT2D eigenvalue weighted by atomic mass is 10.2. The minimum absolute atomic E-state index is 0.142. The number of benzene rings is 1. The molecule has 1 aliphatic rings. The van der Waals surface area contributed by atoms with Crippen LogP contribution in [0.3, 0.4) is 0 Å². The lowest BCUT2D eigenvalue weighted by Gasteiger charge is -2.29. The standard InChI is InChI=1S/C19H21ClN6O2/c1-5-24-17(27)15-16(23(4)19(24)28)21-18-25(22-11(2)12(3)26(15)18)10-13-6-8-14(20)9-7-13/h6-9,12H,5,10H2,1-4H3/t12-/m0/s1. The summed E-state index contributed by atoms with van der Waals surface area (Å²) in [4.78, 5) is 30.2. The molecule has 8 nitrogen and oxygen atoms in total. The predicted molar refractivity (Wildman–Crippen MR) is 110 cm³/mol. The Labute approximate surface area is 166 Å². The number of aryl methyl sites for hydroxylation is 1. The van der Waals surface area contributed by atoms with Crippen LogP contribution in [-0.2, 0) is 20.1 Å². The van der Waals surface area contributed by atoms with Gasteiger partial charge >= 0.3 is 5.69 Å². The summed E-state index contributed by atoms with van der Waals surface area (Å²) >= 11 is 5.98. The molecule has 4 rings (SSSR count). The fourth-order valence-electron chi connectivity index (χ4n) is 3.53. The van der Waals surface area contributed by atoms with Crippen molar-refractivity contribution in [2.24, 2.45) is 12.1 Å². The maximum atomic E-state index is 13.0. The zero-order valence-corrected chi connectivity index (χ0v) is 16.9. The minimum atomic E-state index is -0.370. The van der Waals surface area contributed by atoms with Gasteiger partial charge in [-0.1, -0.05) is 23.7 Å². The van der Waals surface area contributed by atoms with Gasteiger partial charge in [-0.05, 0) is 38.5 Å². The summed E-state index contributed by atoms with van der Waals surface area (Å²) in [5.74, 6) is 0.545. The van der Waals surface area contributed by atoms with Crippen molar-refractivity contribution in [2.45, 2.75) is 39.9 Å². The van der Waals surface area contributed by atoms with Crippen LogP contribution < -0.4 is 16.3 Å². The average Bonchev–Trinajstić information content (AvgIpc) is 3.08. The molecule has 0 spiro atoms. The lowest BCUT2D eigenvalue weighted by Crippen LogP contribution is -2.40. The summed E-state index contributed by atoms with van der Waals surface area (Å²) in [6, 6.07) is 7.37. The van der Waals surface area contributed by atoms with Gasteiger partial charge in [-0.3, -0.25) is 18.5 Å². The van der Waals surface area contributed by atoms with E-state index < -0.39 is 0 Å². The number of rotatable bonds is 3. The zero-order chi connectivity index (χ0) is 20.2. The molecule has 1 atom stereocenters. The van der Waals surface area contributed by atoms with E-state index in [9.17, 15) is 9.59 Å². The summed E-state index contributed by atoms with van der Waals surface area (Å²) in [7, 11) is 1.64. The summed E-state index contributed by atoms with van der Waals surface area (Å²) in [6.07, 6.45) is 0. The number of hydrogen-bond acceptors (Lipinski definition) is 5. The van der Waals surface area contributed by atoms with Crippen molar-refractivity contribution in [3.8, 4) is 0 Å². The summed E-state index contributed by atoms with van der Waals surface area (Å²) < 4.78 is 4.53. The van der Waals surface area contributed by atoms with E-state index in [1.165, 1.54) is 9.13 Å². The highest BCUT2D eigenvalue weighted by molar-refractivity contribution is 6.30.